The predicted molar refractivity (Wildman–Crippen MR) is 131 cm³/mol. The predicted octanol–water partition coefficient (Wildman–Crippen LogP) is 4.31. The lowest BCUT2D eigenvalue weighted by atomic mass is 9.96. The lowest BCUT2D eigenvalue weighted by molar-refractivity contribution is -0.125. The fraction of sp³-hybridized carbons (Fsp3) is 0.259. The van der Waals surface area contributed by atoms with Crippen LogP contribution in [0.3, 0.4) is 0 Å². The highest BCUT2D eigenvalue weighted by Gasteiger charge is 2.29. The Kier molecular flexibility index (Phi) is 6.94. The molecule has 1 amide bonds. The molecule has 0 saturated carbocycles. The van der Waals surface area contributed by atoms with Gasteiger partial charge in [0.25, 0.3) is 5.89 Å². The van der Waals surface area contributed by atoms with Crippen molar-refractivity contribution in [3.05, 3.63) is 84.0 Å². The first kappa shape index (κ1) is 23.2. The summed E-state index contributed by atoms with van der Waals surface area (Å²) >= 11 is 0. The Bertz CT molecular complexity index is 1320. The molecule has 1 aliphatic rings. The first-order valence-corrected chi connectivity index (χ1v) is 11.8. The van der Waals surface area contributed by atoms with Crippen molar-refractivity contribution in [2.75, 3.05) is 18.0 Å². The van der Waals surface area contributed by atoms with Gasteiger partial charge in [0.2, 0.25) is 17.5 Å². The molecule has 4 heterocycles. The Balaban J connectivity index is 1.10. The number of hydrogen-bond acceptors (Lipinski definition) is 8. The van der Waals surface area contributed by atoms with E-state index in [0.29, 0.717) is 50.7 Å². The van der Waals surface area contributed by atoms with Crippen molar-refractivity contribution < 1.29 is 18.4 Å². The Morgan fingerprint density at radius 3 is 2.67 bits per heavy atom. The number of hydrogen-bond donors (Lipinski definition) is 1. The topological polar surface area (TPSA) is 117 Å². The van der Waals surface area contributed by atoms with Crippen LogP contribution >= 0.6 is 0 Å². The molecule has 1 fully saturated rings. The standard InChI is InChI=1S/C27H25N5O4/c28-16-23-27(36-26(31-23)24-5-3-15-34-24)32-13-10-20(11-14-32)25(33)30-17-19-6-8-22(9-7-19)35-18-21-4-1-2-12-29-21/h1-9,12,15,20H,10-11,13-14,17-18H2,(H,30,33). The molecule has 182 valence electrons. The van der Waals surface area contributed by atoms with Crippen LogP contribution in [-0.2, 0) is 17.9 Å². The molecule has 1 aliphatic heterocycles. The summed E-state index contributed by atoms with van der Waals surface area (Å²) in [5.74, 6) is 1.86. The summed E-state index contributed by atoms with van der Waals surface area (Å²) in [5, 5.41) is 12.5. The van der Waals surface area contributed by atoms with E-state index in [1.54, 1.807) is 18.3 Å². The molecule has 1 saturated heterocycles. The number of ether oxygens (including phenoxy) is 1. The fourth-order valence-corrected chi connectivity index (χ4v) is 4.13. The number of oxazole rings is 1. The summed E-state index contributed by atoms with van der Waals surface area (Å²) in [6.07, 6.45) is 4.59. The zero-order valence-electron chi connectivity index (χ0n) is 19.6. The minimum Gasteiger partial charge on any atom is -0.487 e. The second-order valence-electron chi connectivity index (χ2n) is 8.49. The number of piperidine rings is 1. The number of aromatic nitrogens is 2. The van der Waals surface area contributed by atoms with Crippen LogP contribution in [0, 0.1) is 17.2 Å². The summed E-state index contributed by atoms with van der Waals surface area (Å²) in [7, 11) is 0. The second-order valence-corrected chi connectivity index (χ2v) is 8.49. The van der Waals surface area contributed by atoms with Gasteiger partial charge in [-0.3, -0.25) is 9.78 Å². The van der Waals surface area contributed by atoms with Crippen LogP contribution in [0.4, 0.5) is 5.88 Å². The lowest BCUT2D eigenvalue weighted by Gasteiger charge is -2.31. The van der Waals surface area contributed by atoms with Crippen molar-refractivity contribution in [1.29, 1.82) is 5.26 Å². The monoisotopic (exact) mass is 483 g/mol. The van der Waals surface area contributed by atoms with Crippen molar-refractivity contribution in [1.82, 2.24) is 15.3 Å². The van der Waals surface area contributed by atoms with E-state index in [1.165, 1.54) is 6.26 Å². The first-order valence-electron chi connectivity index (χ1n) is 11.8. The van der Waals surface area contributed by atoms with Crippen LogP contribution in [0.15, 0.2) is 75.9 Å². The highest BCUT2D eigenvalue weighted by molar-refractivity contribution is 5.79. The van der Waals surface area contributed by atoms with Gasteiger partial charge in [-0.1, -0.05) is 18.2 Å². The SMILES string of the molecule is N#Cc1nc(-c2ccco2)oc1N1CCC(C(=O)NCc2ccc(OCc3ccccn3)cc2)CC1. The number of nitriles is 1. The molecule has 0 bridgehead atoms. The van der Waals surface area contributed by atoms with Gasteiger partial charge in [-0.05, 0) is 54.8 Å². The van der Waals surface area contributed by atoms with E-state index in [0.717, 1.165) is 17.0 Å². The highest BCUT2D eigenvalue weighted by atomic mass is 16.5. The van der Waals surface area contributed by atoms with E-state index in [4.69, 9.17) is 13.6 Å². The molecule has 9 nitrogen and oxygen atoms in total. The fourth-order valence-electron chi connectivity index (χ4n) is 4.13. The van der Waals surface area contributed by atoms with Gasteiger partial charge in [0, 0.05) is 31.7 Å². The van der Waals surface area contributed by atoms with E-state index >= 15 is 0 Å². The Labute approximate surface area is 208 Å². The van der Waals surface area contributed by atoms with E-state index in [9.17, 15) is 10.1 Å². The lowest BCUT2D eigenvalue weighted by Crippen LogP contribution is -2.40. The summed E-state index contributed by atoms with van der Waals surface area (Å²) in [4.78, 5) is 23.2. The number of pyridine rings is 1. The largest absolute Gasteiger partial charge is 0.487 e. The quantitative estimate of drug-likeness (QED) is 0.394. The van der Waals surface area contributed by atoms with Crippen LogP contribution in [0.25, 0.3) is 11.7 Å². The van der Waals surface area contributed by atoms with Gasteiger partial charge in [0.15, 0.2) is 5.76 Å². The molecule has 4 aromatic rings. The van der Waals surface area contributed by atoms with E-state index in [-0.39, 0.29) is 23.4 Å². The van der Waals surface area contributed by atoms with Gasteiger partial charge in [-0.25, -0.2) is 0 Å². The molecular weight excluding hydrogens is 458 g/mol. The van der Waals surface area contributed by atoms with E-state index in [1.807, 2.05) is 47.4 Å². The third-order valence-corrected chi connectivity index (χ3v) is 6.10. The van der Waals surface area contributed by atoms with Crippen molar-refractivity contribution in [2.24, 2.45) is 5.92 Å². The summed E-state index contributed by atoms with van der Waals surface area (Å²) in [5.41, 5.74) is 2.08. The van der Waals surface area contributed by atoms with Crippen molar-refractivity contribution in [3.63, 3.8) is 0 Å². The van der Waals surface area contributed by atoms with Gasteiger partial charge < -0.3 is 23.8 Å². The molecule has 1 aromatic carbocycles. The van der Waals surface area contributed by atoms with Crippen LogP contribution in [0.5, 0.6) is 5.75 Å². The molecule has 0 spiro atoms. The van der Waals surface area contributed by atoms with Gasteiger partial charge in [-0.2, -0.15) is 10.2 Å². The minimum absolute atomic E-state index is 0.0273. The Morgan fingerprint density at radius 1 is 1.14 bits per heavy atom. The van der Waals surface area contributed by atoms with Crippen LogP contribution in [0.2, 0.25) is 0 Å². The number of furan rings is 1. The number of rotatable bonds is 8. The maximum absolute atomic E-state index is 12.8. The van der Waals surface area contributed by atoms with Gasteiger partial charge in [0.1, 0.15) is 18.4 Å². The third kappa shape index (κ3) is 5.39. The van der Waals surface area contributed by atoms with Gasteiger partial charge in [-0.15, -0.1) is 0 Å². The summed E-state index contributed by atoms with van der Waals surface area (Å²) in [6, 6.07) is 18.9. The number of carbonyl (C=O) groups excluding carboxylic acids is 1. The smallest absolute Gasteiger partial charge is 0.266 e. The Hall–Kier alpha value is -4.58. The molecule has 5 rings (SSSR count). The molecule has 0 atom stereocenters. The van der Waals surface area contributed by atoms with Crippen LogP contribution in [-0.4, -0.2) is 29.0 Å². The number of nitrogens with zero attached hydrogens (tertiary/aromatic N) is 4. The normalized spacial score (nSPS) is 13.8. The zero-order chi connectivity index (χ0) is 24.7. The number of anilines is 1. The second kappa shape index (κ2) is 10.8. The van der Waals surface area contributed by atoms with Crippen molar-refractivity contribution >= 4 is 11.8 Å². The van der Waals surface area contributed by atoms with Crippen molar-refractivity contribution in [3.8, 4) is 23.5 Å². The number of carbonyl (C=O) groups is 1. The molecule has 1 N–H and O–H groups in total. The Morgan fingerprint density at radius 2 is 1.97 bits per heavy atom. The molecule has 0 aliphatic carbocycles. The molecule has 9 heteroatoms. The minimum atomic E-state index is -0.0970. The summed E-state index contributed by atoms with van der Waals surface area (Å²) < 4.78 is 16.9. The van der Waals surface area contributed by atoms with E-state index < -0.39 is 0 Å². The van der Waals surface area contributed by atoms with Crippen molar-refractivity contribution in [2.45, 2.75) is 26.0 Å². The third-order valence-electron chi connectivity index (χ3n) is 6.10. The maximum Gasteiger partial charge on any atom is 0.266 e. The van der Waals surface area contributed by atoms with Gasteiger partial charge >= 0.3 is 0 Å². The summed E-state index contributed by atoms with van der Waals surface area (Å²) in [6.45, 7) is 2.06. The van der Waals surface area contributed by atoms with Crippen LogP contribution in [0.1, 0.15) is 29.8 Å². The average molecular weight is 484 g/mol. The number of amides is 1. The number of nitrogens with one attached hydrogen (secondary N) is 1. The molecular formula is C27H25N5O4. The highest BCUT2D eigenvalue weighted by Crippen LogP contribution is 2.31. The first-order chi connectivity index (χ1) is 17.7. The maximum atomic E-state index is 12.8. The molecule has 0 radical (unpaired) electrons. The number of benzene rings is 1. The van der Waals surface area contributed by atoms with E-state index in [2.05, 4.69) is 21.4 Å². The van der Waals surface area contributed by atoms with Gasteiger partial charge in [0.05, 0.1) is 12.0 Å². The molecule has 36 heavy (non-hydrogen) atoms. The molecule has 0 unspecified atom stereocenters. The van der Waals surface area contributed by atoms with Crippen LogP contribution < -0.4 is 15.0 Å². The zero-order valence-corrected chi connectivity index (χ0v) is 19.6. The molecule has 3 aromatic heterocycles. The average Bonchev–Trinajstić information content (AvgIpc) is 3.62.